The smallest absolute Gasteiger partial charge is 0.459 e. The number of fused-ring (bicyclic) bond motifs is 1. The molecular weight excluding hydrogens is 1720 g/mol. The molecule has 7 aliphatic rings. The van der Waals surface area contributed by atoms with Crippen LogP contribution in [-0.4, -0.2) is 322 Å². The molecule has 33 nitrogen and oxygen atoms in total. The van der Waals surface area contributed by atoms with Gasteiger partial charge in [0.25, 0.3) is 0 Å². The number of aliphatic hydroxyl groups excluding tert-OH is 1. The second kappa shape index (κ2) is 44.7. The Kier molecular flexibility index (Phi) is 39.9. The number of aliphatic hydroxyl groups is 2. The van der Waals surface area contributed by atoms with Crippen molar-refractivity contribution < 1.29 is 157 Å². The average Bonchev–Trinajstić information content (AvgIpc) is 1.51. The van der Waals surface area contributed by atoms with Crippen molar-refractivity contribution in [1.29, 1.82) is 0 Å². The fourth-order valence-electron chi connectivity index (χ4n) is 19.2. The van der Waals surface area contributed by atoms with Gasteiger partial charge in [-0.3, -0.25) is 28.8 Å². The molecule has 7 saturated heterocycles. The quantitative estimate of drug-likeness (QED) is 0.0495. The number of alkyl halides is 5. The van der Waals surface area contributed by atoms with E-state index in [2.05, 4.69) is 16.3 Å². The van der Waals surface area contributed by atoms with Crippen molar-refractivity contribution in [3.05, 3.63) is 0 Å². The van der Waals surface area contributed by atoms with E-state index in [0.29, 0.717) is 12.8 Å². The van der Waals surface area contributed by atoms with E-state index in [1.165, 1.54) is 76.9 Å². The van der Waals surface area contributed by atoms with Gasteiger partial charge in [-0.1, -0.05) is 41.5 Å². The highest BCUT2D eigenvalue weighted by Crippen LogP contribution is 2.49. The van der Waals surface area contributed by atoms with E-state index < -0.39 is 255 Å². The minimum absolute atomic E-state index is 0.0561. The summed E-state index contributed by atoms with van der Waals surface area (Å²) in [7, 11) is 16.6. The molecule has 0 aromatic carbocycles. The molecule has 39 heteroatoms. The van der Waals surface area contributed by atoms with E-state index in [0.717, 1.165) is 6.92 Å². The molecule has 0 saturated carbocycles. The molecule has 2 unspecified atom stereocenters. The van der Waals surface area contributed by atoms with Crippen LogP contribution < -0.4 is 0 Å². The normalized spacial score (nSPS) is 44.4. The van der Waals surface area contributed by atoms with Crippen molar-refractivity contribution in [2.75, 3.05) is 70.8 Å². The van der Waals surface area contributed by atoms with Crippen molar-refractivity contribution in [1.82, 2.24) is 9.80 Å². The van der Waals surface area contributed by atoms with Crippen LogP contribution in [0.15, 0.2) is 0 Å². The molecule has 7 heterocycles. The average molecular weight is 1870 g/mol. The molecular formula is C85H142Cl4F2N2O31. The molecule has 2 N–H and O–H groups in total. The van der Waals surface area contributed by atoms with Crippen molar-refractivity contribution >= 4 is 93.4 Å². The highest BCUT2D eigenvalue weighted by Gasteiger charge is 2.64. The first-order valence-corrected chi connectivity index (χ1v) is 43.8. The Morgan fingerprint density at radius 3 is 1.17 bits per heavy atom. The van der Waals surface area contributed by atoms with Gasteiger partial charge < -0.3 is 119 Å². The molecule has 124 heavy (non-hydrogen) atoms. The van der Waals surface area contributed by atoms with Crippen LogP contribution in [0, 0.1) is 35.5 Å². The number of carbonyl (C=O) groups is 8. The van der Waals surface area contributed by atoms with Gasteiger partial charge >= 0.3 is 39.4 Å². The first kappa shape index (κ1) is 111. The van der Waals surface area contributed by atoms with Gasteiger partial charge in [0.05, 0.1) is 83.9 Å². The van der Waals surface area contributed by atoms with Gasteiger partial charge in [0, 0.05) is 124 Å². The van der Waals surface area contributed by atoms with Crippen molar-refractivity contribution in [3.63, 3.8) is 0 Å². The predicted molar refractivity (Wildman–Crippen MR) is 447 cm³/mol. The molecule has 7 aliphatic heterocycles. The maximum Gasteiger partial charge on any atom is 0.509 e. The van der Waals surface area contributed by atoms with Crippen LogP contribution in [-0.2, 0) is 128 Å². The summed E-state index contributed by atoms with van der Waals surface area (Å²) in [6.45, 7) is 34.7. The fourth-order valence-corrected chi connectivity index (χ4v) is 19.6. The lowest BCUT2D eigenvalue weighted by molar-refractivity contribution is -0.322. The maximum atomic E-state index is 17.5. The molecule has 0 aromatic heterocycles. The minimum atomic E-state index is -2.63. The number of methoxy groups -OCH3 is 6. The molecule has 0 amide bonds. The Morgan fingerprint density at radius 1 is 0.508 bits per heavy atom. The summed E-state index contributed by atoms with van der Waals surface area (Å²) in [6.07, 6.45) is -19.6. The van der Waals surface area contributed by atoms with Crippen LogP contribution in [0.3, 0.4) is 0 Å². The van der Waals surface area contributed by atoms with Gasteiger partial charge in [-0.2, -0.15) is 0 Å². The third-order valence-electron chi connectivity index (χ3n) is 26.1. The van der Waals surface area contributed by atoms with Gasteiger partial charge in [0.15, 0.2) is 72.0 Å². The Bertz CT molecular complexity index is 3540. The first-order valence-electron chi connectivity index (χ1n) is 42.3. The third kappa shape index (κ3) is 26.4. The monoisotopic (exact) mass is 1860 g/mol. The van der Waals surface area contributed by atoms with Gasteiger partial charge in [-0.05, 0) is 186 Å². The maximum absolute atomic E-state index is 17.5. The summed E-state index contributed by atoms with van der Waals surface area (Å²) >= 11 is 19.4. The number of Topliss-reactive ketones (excluding diaryl/α,β-unsaturated/α-hetero) is 2. The van der Waals surface area contributed by atoms with Gasteiger partial charge in [0.1, 0.15) is 41.2 Å². The standard InChI is InChI=1S/C42H70FNO15.C41H72FNO14.C2Cl4O2/c1-17-28-42(11)34(58-38(48)59-42)24(5)32(46)39(8,43)20-41(10,51-16)33(57-37-31(49-14)27(44(12)13)18-21(2)52-37)22(3)30(23(4)36(47)55-28)56-29-19-40(9,50-15)35(25(6)53-29)54-26(7)45;1-17-28-41(11,48)33(46)24(5)32(45)38(8,42)20-40(10,51-16)34(57-37-31(49-14)27(43(12)13)18-21(2)52-37)22(3)30(23(4)36(47)55-28)56-29-19-39(9,50-15)35(25(6)53-29)54-26(7)44;3-1(7)8-2(4,5)6/h21-25,27-31,33-35,37H,17-20H2,1-16H3;21-25,27-31,33-35,37,46,48H,17-20H2,1-16H3;/t21-,22+,23-,24+,25+,27+,28-,29?,30+,31-,33-,34-,35+,37+,39+,40-,41-,42-;21-,22+,23-,24+,25+,27+,28-,29?,30+,31-,33-,34-,35+,37+,38+,39-,40-,41-;/m11./s1. The largest absolute Gasteiger partial charge is 0.509 e. The number of ketones is 2. The lowest BCUT2D eigenvalue weighted by Crippen LogP contribution is -2.63. The zero-order valence-corrected chi connectivity index (χ0v) is 81.2. The number of nitrogens with zero attached hydrogens (tertiary/aromatic N) is 2. The number of esters is 4. The third-order valence-corrected chi connectivity index (χ3v) is 26.4. The summed E-state index contributed by atoms with van der Waals surface area (Å²) in [4.78, 5) is 108. The number of cyclic esters (lactones) is 2. The molecule has 0 spiro atoms. The van der Waals surface area contributed by atoms with E-state index in [-0.39, 0.29) is 50.0 Å². The Hall–Kier alpha value is -3.74. The van der Waals surface area contributed by atoms with Crippen LogP contribution in [0.5, 0.6) is 0 Å². The summed E-state index contributed by atoms with van der Waals surface area (Å²) in [5.41, 5.74) is -15.6. The second-order valence-electron chi connectivity index (χ2n) is 36.5. The predicted octanol–water partition coefficient (Wildman–Crippen LogP) is 11.4. The van der Waals surface area contributed by atoms with Crippen molar-refractivity contribution in [2.24, 2.45) is 35.5 Å². The van der Waals surface area contributed by atoms with Gasteiger partial charge in [-0.25, -0.2) is 18.4 Å². The Labute approximate surface area is 750 Å². The van der Waals surface area contributed by atoms with E-state index in [9.17, 15) is 48.6 Å². The van der Waals surface area contributed by atoms with Crippen molar-refractivity contribution in [3.8, 4) is 0 Å². The Morgan fingerprint density at radius 2 is 0.863 bits per heavy atom. The molecule has 36 atom stereocenters. The van der Waals surface area contributed by atoms with Crippen LogP contribution in [0.1, 0.15) is 204 Å². The number of hydrogen-bond acceptors (Lipinski definition) is 33. The topological polar surface area (TPSA) is 377 Å². The lowest BCUT2D eigenvalue weighted by Gasteiger charge is -2.50. The minimum Gasteiger partial charge on any atom is -0.459 e. The molecule has 0 bridgehead atoms. The van der Waals surface area contributed by atoms with E-state index in [1.54, 1.807) is 97.3 Å². The van der Waals surface area contributed by atoms with E-state index in [4.69, 9.17) is 130 Å². The summed E-state index contributed by atoms with van der Waals surface area (Å²) in [6, 6.07) is -0.285. The number of rotatable bonds is 20. The number of carbonyl (C=O) groups excluding carboxylic acids is 8. The van der Waals surface area contributed by atoms with E-state index in [1.807, 2.05) is 51.8 Å². The van der Waals surface area contributed by atoms with Crippen LogP contribution in [0.25, 0.3) is 0 Å². The van der Waals surface area contributed by atoms with Crippen LogP contribution >= 0.6 is 46.4 Å². The zero-order chi connectivity index (χ0) is 94.9. The number of halogens is 6. The second-order valence-corrected chi connectivity index (χ2v) is 39.0. The molecule has 7 rings (SSSR count). The molecule has 0 aliphatic carbocycles. The zero-order valence-electron chi connectivity index (χ0n) is 78.2. The van der Waals surface area contributed by atoms with Crippen molar-refractivity contribution in [2.45, 2.75) is 388 Å². The number of ether oxygens (including phenoxy) is 21. The SMILES string of the molecule is CC[C@H]1OC(=O)[C@H](C)[C@@H](OC2C[C@@](C)(OC)[C@@H](OC(C)=O)[C@H](C)O2)[C@H](C)[C@@H](O[C@@H]2O[C@H](C)C[C@H](N(C)C)[C@H]2OC)[C@](C)(OC)C[C@](C)(F)C(=O)[C@H](C)[C@@H](O)[C@]1(C)O.CC[C@H]1OC(=O)[C@H](C)[C@@H](OC2C[C@@](C)(OC)[C@@H](OC(C)=O)[C@H](C)O2)[C@H](C)[C@@H](O[C@@H]2O[C@H](C)C[C@H](N(C)C)[C@H]2OC)[C@](C)(OC)C[C@](C)(F)C(=O)[C@H](C)[C@H]2OC(=O)O[C@@]21C.O=C(Cl)OC(Cl)(Cl)Cl. The summed E-state index contributed by atoms with van der Waals surface area (Å²) in [5.74, 6) is -11.0. The molecule has 7 fully saturated rings. The molecule has 720 valence electrons. The Balaban J connectivity index is 0.000000404. The van der Waals surface area contributed by atoms with Gasteiger partial charge in [-0.15, -0.1) is 0 Å². The van der Waals surface area contributed by atoms with Crippen LogP contribution in [0.2, 0.25) is 0 Å². The number of hydrogen-bond donors (Lipinski definition) is 2. The summed E-state index contributed by atoms with van der Waals surface area (Å²) in [5, 5.41) is 23.1. The first-order chi connectivity index (χ1) is 57.0. The van der Waals surface area contributed by atoms with Gasteiger partial charge in [0.2, 0.25) is 0 Å². The van der Waals surface area contributed by atoms with E-state index >= 15 is 8.78 Å². The fraction of sp³-hybridized carbons (Fsp3) is 0.906. The highest BCUT2D eigenvalue weighted by molar-refractivity contribution is 6.69. The number of likely N-dealkylation sites (N-methyl/N-ethyl adjacent to an activating group) is 2. The molecule has 0 aromatic rings. The highest BCUT2D eigenvalue weighted by atomic mass is 35.6. The lowest BCUT2D eigenvalue weighted by atomic mass is 9.72. The summed E-state index contributed by atoms with van der Waals surface area (Å²) < 4.78 is 160. The molecule has 0 radical (unpaired) electrons. The van der Waals surface area contributed by atoms with Crippen LogP contribution in [0.4, 0.5) is 18.4 Å².